The summed E-state index contributed by atoms with van der Waals surface area (Å²) in [6.45, 7) is 8.23. The zero-order valence-electron chi connectivity index (χ0n) is 15.6. The zero-order chi connectivity index (χ0) is 18.8. The first-order valence-electron chi connectivity index (χ1n) is 8.93. The molecule has 0 spiro atoms. The van der Waals surface area contributed by atoms with E-state index in [1.165, 1.54) is 5.57 Å². The summed E-state index contributed by atoms with van der Waals surface area (Å²) in [7, 11) is 1.62. The molecule has 0 amide bonds. The van der Waals surface area contributed by atoms with Crippen molar-refractivity contribution in [2.75, 3.05) is 7.11 Å². The molecule has 1 aliphatic carbocycles. The summed E-state index contributed by atoms with van der Waals surface area (Å²) >= 11 is 0. The van der Waals surface area contributed by atoms with Crippen molar-refractivity contribution in [1.29, 1.82) is 0 Å². The fraction of sp³-hybridized carbons (Fsp3) is 0.304. The second-order valence-corrected chi connectivity index (χ2v) is 7.19. The third-order valence-corrected chi connectivity index (χ3v) is 5.25. The average molecular weight is 350 g/mol. The van der Waals surface area contributed by atoms with E-state index in [0.717, 1.165) is 35.3 Å². The van der Waals surface area contributed by atoms with Crippen LogP contribution in [-0.4, -0.2) is 17.3 Å². The highest BCUT2D eigenvalue weighted by molar-refractivity contribution is 5.70. The molecule has 0 saturated carbocycles. The Morgan fingerprint density at radius 3 is 2.42 bits per heavy atom. The predicted molar refractivity (Wildman–Crippen MR) is 106 cm³/mol. The molecule has 0 unspecified atom stereocenters. The van der Waals surface area contributed by atoms with Gasteiger partial charge in [0.05, 0.1) is 7.11 Å². The van der Waals surface area contributed by atoms with Crippen molar-refractivity contribution in [1.82, 2.24) is 0 Å². The molecule has 0 radical (unpaired) electrons. The first kappa shape index (κ1) is 18.1. The number of phenolic OH excluding ortho intramolecular Hbond substituents is 2. The minimum atomic E-state index is -0.0550. The van der Waals surface area contributed by atoms with E-state index in [9.17, 15) is 10.2 Å². The van der Waals surface area contributed by atoms with Crippen molar-refractivity contribution >= 4 is 0 Å². The normalized spacial score (nSPS) is 19.7. The fourth-order valence-electron chi connectivity index (χ4n) is 3.84. The van der Waals surface area contributed by atoms with Crippen molar-refractivity contribution < 1.29 is 14.9 Å². The molecule has 1 aliphatic rings. The molecule has 0 aliphatic heterocycles. The molecule has 2 N–H and O–H groups in total. The maximum Gasteiger partial charge on any atom is 0.123 e. The third-order valence-electron chi connectivity index (χ3n) is 5.25. The van der Waals surface area contributed by atoms with Crippen LogP contribution in [0.2, 0.25) is 0 Å². The Morgan fingerprint density at radius 1 is 1.12 bits per heavy atom. The van der Waals surface area contributed by atoms with E-state index in [2.05, 4.69) is 19.6 Å². The number of hydrogen-bond acceptors (Lipinski definition) is 3. The van der Waals surface area contributed by atoms with E-state index in [1.54, 1.807) is 19.2 Å². The first-order valence-corrected chi connectivity index (χ1v) is 8.93. The zero-order valence-corrected chi connectivity index (χ0v) is 15.6. The van der Waals surface area contributed by atoms with Gasteiger partial charge in [-0.1, -0.05) is 35.9 Å². The van der Waals surface area contributed by atoms with Gasteiger partial charge in [0, 0.05) is 11.5 Å². The maximum absolute atomic E-state index is 10.7. The van der Waals surface area contributed by atoms with Gasteiger partial charge in [-0.3, -0.25) is 0 Å². The predicted octanol–water partition coefficient (Wildman–Crippen LogP) is 5.79. The lowest BCUT2D eigenvalue weighted by molar-refractivity contribution is 0.407. The topological polar surface area (TPSA) is 49.7 Å². The Bertz CT molecular complexity index is 841. The van der Waals surface area contributed by atoms with E-state index in [-0.39, 0.29) is 23.3 Å². The molecule has 3 nitrogen and oxygen atoms in total. The summed E-state index contributed by atoms with van der Waals surface area (Å²) in [5.74, 6) is 1.13. The molecule has 2 atom stereocenters. The van der Waals surface area contributed by atoms with Crippen LogP contribution in [0.15, 0.2) is 60.2 Å². The number of rotatable bonds is 4. The molecule has 0 saturated heterocycles. The smallest absolute Gasteiger partial charge is 0.123 e. The Labute approximate surface area is 155 Å². The van der Waals surface area contributed by atoms with E-state index in [0.29, 0.717) is 5.56 Å². The van der Waals surface area contributed by atoms with E-state index < -0.39 is 0 Å². The van der Waals surface area contributed by atoms with Crippen molar-refractivity contribution in [3.8, 4) is 28.4 Å². The SMILES string of the molecule is C=C(C)[C@@H]1CCC(C)=C[C@H]1c1c(O)cc(-c2cccc(OC)c2)cc1O. The lowest BCUT2D eigenvalue weighted by Gasteiger charge is -2.31. The van der Waals surface area contributed by atoms with Crippen molar-refractivity contribution in [3.63, 3.8) is 0 Å². The van der Waals surface area contributed by atoms with Gasteiger partial charge in [-0.2, -0.15) is 0 Å². The number of hydrogen-bond donors (Lipinski definition) is 2. The molecule has 0 aromatic heterocycles. The van der Waals surface area contributed by atoms with Gasteiger partial charge in [0.25, 0.3) is 0 Å². The largest absolute Gasteiger partial charge is 0.507 e. The van der Waals surface area contributed by atoms with Gasteiger partial charge < -0.3 is 14.9 Å². The van der Waals surface area contributed by atoms with Crippen LogP contribution in [0.3, 0.4) is 0 Å². The Balaban J connectivity index is 2.07. The molecule has 2 aromatic rings. The molecule has 3 rings (SSSR count). The van der Waals surface area contributed by atoms with Crippen LogP contribution in [0, 0.1) is 5.92 Å². The first-order chi connectivity index (χ1) is 12.4. The van der Waals surface area contributed by atoms with Crippen LogP contribution in [0.5, 0.6) is 17.2 Å². The highest BCUT2D eigenvalue weighted by Crippen LogP contribution is 2.47. The average Bonchev–Trinajstić information content (AvgIpc) is 2.61. The summed E-state index contributed by atoms with van der Waals surface area (Å²) in [6.07, 6.45) is 4.17. The van der Waals surface area contributed by atoms with Gasteiger partial charge in [-0.05, 0) is 68.0 Å². The van der Waals surface area contributed by atoms with Gasteiger partial charge >= 0.3 is 0 Å². The quantitative estimate of drug-likeness (QED) is 0.686. The van der Waals surface area contributed by atoms with Crippen LogP contribution >= 0.6 is 0 Å². The standard InChI is InChI=1S/C23H26O3/c1-14(2)19-9-8-15(3)10-20(19)23-21(24)12-17(13-22(23)25)16-6-5-7-18(11-16)26-4/h5-7,10-13,19-20,24-25H,1,8-9H2,2-4H3/t19-,20+/m0/s1. The van der Waals surface area contributed by atoms with Crippen LogP contribution in [0.4, 0.5) is 0 Å². The van der Waals surface area contributed by atoms with Crippen molar-refractivity contribution in [3.05, 3.63) is 65.8 Å². The van der Waals surface area contributed by atoms with Gasteiger partial charge in [0.1, 0.15) is 17.2 Å². The van der Waals surface area contributed by atoms with Crippen molar-refractivity contribution in [2.45, 2.75) is 32.6 Å². The Morgan fingerprint density at radius 2 is 1.81 bits per heavy atom. The monoisotopic (exact) mass is 350 g/mol. The number of aromatic hydroxyl groups is 2. The van der Waals surface area contributed by atoms with Crippen LogP contribution in [-0.2, 0) is 0 Å². The molecule has 0 fully saturated rings. The molecule has 0 heterocycles. The van der Waals surface area contributed by atoms with Gasteiger partial charge in [0.15, 0.2) is 0 Å². The number of phenols is 2. The van der Waals surface area contributed by atoms with Crippen LogP contribution in [0.1, 0.15) is 38.2 Å². The van der Waals surface area contributed by atoms with Gasteiger partial charge in [-0.25, -0.2) is 0 Å². The van der Waals surface area contributed by atoms with Gasteiger partial charge in [0.2, 0.25) is 0 Å². The molecule has 136 valence electrons. The van der Waals surface area contributed by atoms with Crippen LogP contribution < -0.4 is 4.74 Å². The summed E-state index contributed by atoms with van der Waals surface area (Å²) in [6, 6.07) is 11.0. The van der Waals surface area contributed by atoms with E-state index in [4.69, 9.17) is 4.74 Å². The fourth-order valence-corrected chi connectivity index (χ4v) is 3.84. The van der Waals surface area contributed by atoms with E-state index in [1.807, 2.05) is 31.2 Å². The minimum Gasteiger partial charge on any atom is -0.507 e. The number of benzene rings is 2. The Kier molecular flexibility index (Phi) is 5.08. The second-order valence-electron chi connectivity index (χ2n) is 7.19. The molecule has 2 aromatic carbocycles. The summed E-state index contributed by atoms with van der Waals surface area (Å²) in [5, 5.41) is 21.5. The lowest BCUT2D eigenvalue weighted by atomic mass is 9.73. The number of ether oxygens (including phenoxy) is 1. The summed E-state index contributed by atoms with van der Waals surface area (Å²) < 4.78 is 5.27. The third kappa shape index (κ3) is 3.48. The van der Waals surface area contributed by atoms with Crippen molar-refractivity contribution in [2.24, 2.45) is 5.92 Å². The summed E-state index contributed by atoms with van der Waals surface area (Å²) in [4.78, 5) is 0. The molecule has 3 heteroatoms. The second kappa shape index (κ2) is 7.28. The molecule has 26 heavy (non-hydrogen) atoms. The minimum absolute atomic E-state index is 0.0550. The summed E-state index contributed by atoms with van der Waals surface area (Å²) in [5.41, 5.74) is 4.58. The highest BCUT2D eigenvalue weighted by atomic mass is 16.5. The van der Waals surface area contributed by atoms with Gasteiger partial charge in [-0.15, -0.1) is 0 Å². The van der Waals surface area contributed by atoms with Crippen LogP contribution in [0.25, 0.3) is 11.1 Å². The highest BCUT2D eigenvalue weighted by Gasteiger charge is 2.30. The maximum atomic E-state index is 10.7. The Hall–Kier alpha value is -2.68. The van der Waals surface area contributed by atoms with E-state index >= 15 is 0 Å². The lowest BCUT2D eigenvalue weighted by Crippen LogP contribution is -2.17. The molecular formula is C23H26O3. The molecular weight excluding hydrogens is 324 g/mol. The number of methoxy groups -OCH3 is 1. The number of allylic oxidation sites excluding steroid dienone is 3. The molecule has 0 bridgehead atoms.